The highest BCUT2D eigenvalue weighted by molar-refractivity contribution is 7.99. The highest BCUT2D eigenvalue weighted by Gasteiger charge is 2.13. The van der Waals surface area contributed by atoms with E-state index in [-0.39, 0.29) is 0 Å². The molecule has 1 heterocycles. The van der Waals surface area contributed by atoms with Gasteiger partial charge in [-0.3, -0.25) is 0 Å². The Labute approximate surface area is 124 Å². The fourth-order valence-corrected chi connectivity index (χ4v) is 4.00. The third kappa shape index (κ3) is 2.60. The Morgan fingerprint density at radius 3 is 2.75 bits per heavy atom. The van der Waals surface area contributed by atoms with E-state index in [1.54, 1.807) is 11.8 Å². The van der Waals surface area contributed by atoms with Crippen molar-refractivity contribution in [1.82, 2.24) is 4.98 Å². The summed E-state index contributed by atoms with van der Waals surface area (Å²) in [6.45, 7) is 4.70. The summed E-state index contributed by atoms with van der Waals surface area (Å²) in [6, 6.07) is 8.92. The van der Waals surface area contributed by atoms with Crippen LogP contribution in [0.4, 0.5) is 0 Å². The molecule has 1 aromatic heterocycles. The molecule has 0 atom stereocenters. The standard InChI is InChI=1S/C17H20N2S/c1-11-8-12(2)19-17(16(11)10-18)20-15-7-6-13-4-3-5-14(13)9-15/h6-9H,3-5,10,18H2,1-2H3. The van der Waals surface area contributed by atoms with Crippen molar-refractivity contribution in [1.29, 1.82) is 0 Å². The van der Waals surface area contributed by atoms with Gasteiger partial charge in [0.2, 0.25) is 0 Å². The molecule has 0 aliphatic heterocycles. The van der Waals surface area contributed by atoms with Gasteiger partial charge in [-0.1, -0.05) is 17.8 Å². The molecule has 0 saturated carbocycles. The van der Waals surface area contributed by atoms with Crippen LogP contribution in [0.1, 0.15) is 34.4 Å². The monoisotopic (exact) mass is 284 g/mol. The molecule has 20 heavy (non-hydrogen) atoms. The minimum absolute atomic E-state index is 0.548. The predicted octanol–water partition coefficient (Wildman–Crippen LogP) is 3.80. The van der Waals surface area contributed by atoms with E-state index in [2.05, 4.69) is 36.2 Å². The van der Waals surface area contributed by atoms with Crippen LogP contribution < -0.4 is 5.73 Å². The van der Waals surface area contributed by atoms with E-state index in [0.29, 0.717) is 6.54 Å². The van der Waals surface area contributed by atoms with Crippen LogP contribution in [-0.2, 0) is 19.4 Å². The lowest BCUT2D eigenvalue weighted by Crippen LogP contribution is -2.04. The Hall–Kier alpha value is -1.32. The van der Waals surface area contributed by atoms with Gasteiger partial charge in [0.25, 0.3) is 0 Å². The molecule has 1 aliphatic rings. The summed E-state index contributed by atoms with van der Waals surface area (Å²) in [6.07, 6.45) is 3.74. The molecule has 0 amide bonds. The summed E-state index contributed by atoms with van der Waals surface area (Å²) in [5.41, 5.74) is 12.4. The van der Waals surface area contributed by atoms with Crippen molar-refractivity contribution in [2.24, 2.45) is 5.73 Å². The van der Waals surface area contributed by atoms with Gasteiger partial charge in [0.1, 0.15) is 5.03 Å². The zero-order valence-electron chi connectivity index (χ0n) is 12.1. The van der Waals surface area contributed by atoms with Gasteiger partial charge in [0.05, 0.1) is 0 Å². The zero-order valence-corrected chi connectivity index (χ0v) is 12.9. The average molecular weight is 284 g/mol. The number of aryl methyl sites for hydroxylation is 4. The fourth-order valence-electron chi connectivity index (χ4n) is 2.89. The number of fused-ring (bicyclic) bond motifs is 1. The highest BCUT2D eigenvalue weighted by atomic mass is 32.2. The van der Waals surface area contributed by atoms with Crippen LogP contribution >= 0.6 is 11.8 Å². The molecule has 0 radical (unpaired) electrons. The van der Waals surface area contributed by atoms with Crippen LogP contribution in [0.2, 0.25) is 0 Å². The molecule has 3 heteroatoms. The van der Waals surface area contributed by atoms with Crippen LogP contribution in [0.5, 0.6) is 0 Å². The van der Waals surface area contributed by atoms with E-state index < -0.39 is 0 Å². The maximum atomic E-state index is 5.89. The second-order valence-corrected chi connectivity index (χ2v) is 6.52. The molecule has 104 valence electrons. The van der Waals surface area contributed by atoms with Gasteiger partial charge in [-0.2, -0.15) is 0 Å². The molecule has 0 fully saturated rings. The Morgan fingerprint density at radius 2 is 1.95 bits per heavy atom. The van der Waals surface area contributed by atoms with Gasteiger partial charge in [-0.05, 0) is 68.0 Å². The van der Waals surface area contributed by atoms with Crippen LogP contribution in [0, 0.1) is 13.8 Å². The molecule has 1 aliphatic carbocycles. The quantitative estimate of drug-likeness (QED) is 0.932. The van der Waals surface area contributed by atoms with E-state index in [4.69, 9.17) is 5.73 Å². The molecular weight excluding hydrogens is 264 g/mol. The van der Waals surface area contributed by atoms with Crippen LogP contribution in [0.25, 0.3) is 0 Å². The van der Waals surface area contributed by atoms with Gasteiger partial charge in [-0.15, -0.1) is 0 Å². The summed E-state index contributed by atoms with van der Waals surface area (Å²) >= 11 is 1.74. The molecule has 0 spiro atoms. The normalized spacial score (nSPS) is 13.6. The minimum atomic E-state index is 0.548. The summed E-state index contributed by atoms with van der Waals surface area (Å²) in [7, 11) is 0. The van der Waals surface area contributed by atoms with E-state index in [1.165, 1.54) is 46.4 Å². The lowest BCUT2D eigenvalue weighted by molar-refractivity contribution is 0.911. The first-order valence-corrected chi connectivity index (χ1v) is 7.96. The number of rotatable bonds is 3. The fraction of sp³-hybridized carbons (Fsp3) is 0.353. The zero-order chi connectivity index (χ0) is 14.1. The van der Waals surface area contributed by atoms with E-state index in [1.807, 2.05) is 6.92 Å². The van der Waals surface area contributed by atoms with Gasteiger partial charge >= 0.3 is 0 Å². The van der Waals surface area contributed by atoms with Crippen LogP contribution in [0.15, 0.2) is 34.2 Å². The van der Waals surface area contributed by atoms with Crippen molar-refractivity contribution in [3.8, 4) is 0 Å². The lowest BCUT2D eigenvalue weighted by Gasteiger charge is -2.11. The highest BCUT2D eigenvalue weighted by Crippen LogP contribution is 2.33. The number of aromatic nitrogens is 1. The molecule has 0 bridgehead atoms. The third-order valence-corrected chi connectivity index (χ3v) is 4.95. The summed E-state index contributed by atoms with van der Waals surface area (Å²) in [5.74, 6) is 0. The largest absolute Gasteiger partial charge is 0.326 e. The maximum Gasteiger partial charge on any atom is 0.106 e. The van der Waals surface area contributed by atoms with Crippen LogP contribution in [0.3, 0.4) is 0 Å². The number of nitrogens with zero attached hydrogens (tertiary/aromatic N) is 1. The van der Waals surface area contributed by atoms with E-state index in [9.17, 15) is 0 Å². The third-order valence-electron chi connectivity index (χ3n) is 3.93. The second kappa shape index (κ2) is 5.58. The predicted molar refractivity (Wildman–Crippen MR) is 84.2 cm³/mol. The first-order valence-electron chi connectivity index (χ1n) is 7.14. The van der Waals surface area contributed by atoms with Crippen molar-refractivity contribution in [2.75, 3.05) is 0 Å². The van der Waals surface area contributed by atoms with E-state index in [0.717, 1.165) is 10.7 Å². The van der Waals surface area contributed by atoms with Crippen LogP contribution in [-0.4, -0.2) is 4.98 Å². The first-order chi connectivity index (χ1) is 9.67. The molecule has 1 aromatic carbocycles. The van der Waals surface area contributed by atoms with Crippen molar-refractivity contribution < 1.29 is 0 Å². The van der Waals surface area contributed by atoms with Gasteiger partial charge in [0.15, 0.2) is 0 Å². The average Bonchev–Trinajstić information content (AvgIpc) is 2.85. The Balaban J connectivity index is 1.95. The number of nitrogens with two attached hydrogens (primary N) is 1. The molecule has 0 saturated heterocycles. The number of pyridine rings is 1. The topological polar surface area (TPSA) is 38.9 Å². The Morgan fingerprint density at radius 1 is 1.15 bits per heavy atom. The maximum absolute atomic E-state index is 5.89. The van der Waals surface area contributed by atoms with Gasteiger partial charge < -0.3 is 5.73 Å². The number of benzene rings is 1. The number of hydrogen-bond acceptors (Lipinski definition) is 3. The van der Waals surface area contributed by atoms with Crippen molar-refractivity contribution in [3.05, 3.63) is 52.2 Å². The second-order valence-electron chi connectivity index (χ2n) is 5.45. The van der Waals surface area contributed by atoms with Crippen molar-refractivity contribution in [2.45, 2.75) is 49.6 Å². The molecule has 0 unspecified atom stereocenters. The molecule has 2 N–H and O–H groups in total. The molecular formula is C17H20N2S. The molecule has 2 nitrogen and oxygen atoms in total. The van der Waals surface area contributed by atoms with Gasteiger partial charge in [0, 0.05) is 22.7 Å². The van der Waals surface area contributed by atoms with E-state index >= 15 is 0 Å². The smallest absolute Gasteiger partial charge is 0.106 e. The Kier molecular flexibility index (Phi) is 3.81. The Bertz CT molecular complexity index is 650. The summed E-state index contributed by atoms with van der Waals surface area (Å²) < 4.78 is 0. The molecule has 2 aromatic rings. The summed E-state index contributed by atoms with van der Waals surface area (Å²) in [5, 5.41) is 1.06. The SMILES string of the molecule is Cc1cc(C)c(CN)c(Sc2ccc3c(c2)CCC3)n1. The first kappa shape index (κ1) is 13.7. The molecule has 3 rings (SSSR count). The lowest BCUT2D eigenvalue weighted by atomic mass is 10.1. The van der Waals surface area contributed by atoms with Crippen molar-refractivity contribution >= 4 is 11.8 Å². The van der Waals surface area contributed by atoms with Crippen molar-refractivity contribution in [3.63, 3.8) is 0 Å². The number of hydrogen-bond donors (Lipinski definition) is 1. The summed E-state index contributed by atoms with van der Waals surface area (Å²) in [4.78, 5) is 5.95. The van der Waals surface area contributed by atoms with Gasteiger partial charge in [-0.25, -0.2) is 4.98 Å². The minimum Gasteiger partial charge on any atom is -0.326 e.